The normalized spacial score (nSPS) is 51.7. The minimum atomic E-state index is -1.49. The Kier molecular flexibility index (Phi) is 6.27. The lowest BCUT2D eigenvalue weighted by Crippen LogP contribution is -2.67. The molecule has 0 aliphatic carbocycles. The summed E-state index contributed by atoms with van der Waals surface area (Å²) < 4.78 is 15.8. The van der Waals surface area contributed by atoms with Crippen molar-refractivity contribution >= 4 is 0 Å². The van der Waals surface area contributed by atoms with Crippen molar-refractivity contribution in [2.45, 2.75) is 61.3 Å². The molecule has 0 bridgehead atoms. The molecule has 23 heavy (non-hydrogen) atoms. The van der Waals surface area contributed by atoms with E-state index in [9.17, 15) is 25.5 Å². The molecule has 2 aliphatic heterocycles. The van der Waals surface area contributed by atoms with E-state index in [2.05, 4.69) is 0 Å². The van der Waals surface area contributed by atoms with E-state index in [4.69, 9.17) is 30.8 Å². The van der Waals surface area contributed by atoms with Gasteiger partial charge in [0.15, 0.2) is 12.6 Å². The highest BCUT2D eigenvalue weighted by Crippen LogP contribution is 2.27. The van der Waals surface area contributed by atoms with Crippen LogP contribution in [0.5, 0.6) is 0 Å². The Morgan fingerprint density at radius 1 is 0.783 bits per heavy atom. The quantitative estimate of drug-likeness (QED) is 0.242. The summed E-state index contributed by atoms with van der Waals surface area (Å²) in [6.07, 6.45) is -10.5. The zero-order valence-electron chi connectivity index (χ0n) is 12.3. The Bertz CT molecular complexity index is 386. The highest BCUT2D eigenvalue weighted by molar-refractivity contribution is 4.95. The topological polar surface area (TPSA) is 201 Å². The Labute approximate surface area is 132 Å². The van der Waals surface area contributed by atoms with Gasteiger partial charge >= 0.3 is 0 Å². The standard InChI is InChI=1S/C12H24N2O9/c13-5-9(19)10(4(2-16)21-11(5)20)23-12-6(14)8(18)7(17)3(1-15)22-12/h3-12,15-20H,1-2,13-14H2/t3-,4+,5-,6+,7+,8+,9+,10-,11+,12+/m1/s1. The van der Waals surface area contributed by atoms with E-state index in [0.29, 0.717) is 0 Å². The lowest BCUT2D eigenvalue weighted by molar-refractivity contribution is -0.324. The van der Waals surface area contributed by atoms with Crippen LogP contribution >= 0.6 is 0 Å². The third-order valence-electron chi connectivity index (χ3n) is 4.14. The van der Waals surface area contributed by atoms with Crippen LogP contribution in [0.15, 0.2) is 0 Å². The van der Waals surface area contributed by atoms with Gasteiger partial charge in [0.25, 0.3) is 0 Å². The fraction of sp³-hybridized carbons (Fsp3) is 1.00. The van der Waals surface area contributed by atoms with Gasteiger partial charge in [-0.05, 0) is 0 Å². The number of aliphatic hydroxyl groups excluding tert-OH is 6. The summed E-state index contributed by atoms with van der Waals surface area (Å²) in [6.45, 7) is -1.17. The first-order chi connectivity index (χ1) is 10.8. The first kappa shape index (κ1) is 18.9. The third-order valence-corrected chi connectivity index (χ3v) is 4.14. The minimum absolute atomic E-state index is 0.581. The van der Waals surface area contributed by atoms with Gasteiger partial charge in [0, 0.05) is 0 Å². The molecule has 0 saturated carbocycles. The molecule has 2 heterocycles. The number of aliphatic hydroxyl groups is 6. The van der Waals surface area contributed by atoms with Crippen LogP contribution in [0.4, 0.5) is 0 Å². The van der Waals surface area contributed by atoms with Gasteiger partial charge in [-0.3, -0.25) is 0 Å². The number of hydrogen-bond donors (Lipinski definition) is 8. The highest BCUT2D eigenvalue weighted by atomic mass is 16.7. The van der Waals surface area contributed by atoms with E-state index < -0.39 is 74.5 Å². The number of rotatable bonds is 4. The van der Waals surface area contributed by atoms with Crippen molar-refractivity contribution in [2.75, 3.05) is 13.2 Å². The fourth-order valence-corrected chi connectivity index (χ4v) is 2.65. The summed E-state index contributed by atoms with van der Waals surface area (Å²) in [5, 5.41) is 57.7. The van der Waals surface area contributed by atoms with Crippen molar-refractivity contribution in [3.63, 3.8) is 0 Å². The van der Waals surface area contributed by atoms with Crippen molar-refractivity contribution in [1.29, 1.82) is 0 Å². The summed E-state index contributed by atoms with van der Waals surface area (Å²) in [7, 11) is 0. The zero-order valence-corrected chi connectivity index (χ0v) is 12.3. The van der Waals surface area contributed by atoms with E-state index >= 15 is 0 Å². The molecular weight excluding hydrogens is 316 g/mol. The van der Waals surface area contributed by atoms with Gasteiger partial charge in [-0.1, -0.05) is 0 Å². The summed E-state index contributed by atoms with van der Waals surface area (Å²) in [5.41, 5.74) is 11.3. The Hall–Kier alpha value is -0.440. The first-order valence-corrected chi connectivity index (χ1v) is 7.23. The monoisotopic (exact) mass is 340 g/mol. The maximum atomic E-state index is 10.1. The summed E-state index contributed by atoms with van der Waals surface area (Å²) in [5.74, 6) is 0. The molecule has 0 radical (unpaired) electrons. The second kappa shape index (κ2) is 7.63. The SMILES string of the molecule is N[C@@H]1[C@H](O[C@H]2[C@@H](O)[C@@H](N)[C@@H](O)O[C@H]2CO)O[C@H](CO)[C@H](O)[C@H]1O. The van der Waals surface area contributed by atoms with Gasteiger partial charge in [0.1, 0.15) is 36.6 Å². The molecule has 0 amide bonds. The lowest BCUT2D eigenvalue weighted by atomic mass is 9.95. The molecule has 2 fully saturated rings. The summed E-state index contributed by atoms with van der Waals surface area (Å²) in [4.78, 5) is 0. The molecule has 10 N–H and O–H groups in total. The predicted octanol–water partition coefficient (Wildman–Crippen LogP) is -5.46. The van der Waals surface area contributed by atoms with Crippen molar-refractivity contribution < 1.29 is 44.8 Å². The fourth-order valence-electron chi connectivity index (χ4n) is 2.65. The van der Waals surface area contributed by atoms with Crippen LogP contribution in [0.1, 0.15) is 0 Å². The van der Waals surface area contributed by atoms with Gasteiger partial charge in [-0.15, -0.1) is 0 Å². The van der Waals surface area contributed by atoms with Crippen molar-refractivity contribution in [3.8, 4) is 0 Å². The number of nitrogens with two attached hydrogens (primary N) is 2. The lowest BCUT2D eigenvalue weighted by Gasteiger charge is -2.45. The highest BCUT2D eigenvalue weighted by Gasteiger charge is 2.49. The van der Waals surface area contributed by atoms with Crippen molar-refractivity contribution in [1.82, 2.24) is 0 Å². The third kappa shape index (κ3) is 3.65. The Balaban J connectivity index is 2.11. The largest absolute Gasteiger partial charge is 0.394 e. The average molecular weight is 340 g/mol. The molecule has 0 unspecified atom stereocenters. The molecule has 0 spiro atoms. The van der Waals surface area contributed by atoms with Crippen LogP contribution in [0.25, 0.3) is 0 Å². The van der Waals surface area contributed by atoms with E-state index in [1.54, 1.807) is 0 Å². The number of hydrogen-bond acceptors (Lipinski definition) is 11. The second-order valence-corrected chi connectivity index (χ2v) is 5.70. The van der Waals surface area contributed by atoms with Gasteiger partial charge in [-0.25, -0.2) is 0 Å². The predicted molar refractivity (Wildman–Crippen MR) is 72.6 cm³/mol. The molecule has 0 aromatic carbocycles. The molecule has 0 aromatic rings. The maximum Gasteiger partial charge on any atom is 0.176 e. The maximum absolute atomic E-state index is 10.1. The number of ether oxygens (including phenoxy) is 3. The van der Waals surface area contributed by atoms with Crippen LogP contribution in [-0.4, -0.2) is 105 Å². The van der Waals surface area contributed by atoms with Crippen LogP contribution in [0, 0.1) is 0 Å². The molecule has 11 heteroatoms. The smallest absolute Gasteiger partial charge is 0.176 e. The van der Waals surface area contributed by atoms with Gasteiger partial charge < -0.3 is 56.3 Å². The van der Waals surface area contributed by atoms with Crippen molar-refractivity contribution in [2.24, 2.45) is 11.5 Å². The van der Waals surface area contributed by atoms with Gasteiger partial charge in [0.05, 0.1) is 25.3 Å². The van der Waals surface area contributed by atoms with Crippen LogP contribution in [-0.2, 0) is 14.2 Å². The Morgan fingerprint density at radius 3 is 1.96 bits per heavy atom. The van der Waals surface area contributed by atoms with E-state index in [0.717, 1.165) is 0 Å². The molecule has 136 valence electrons. The van der Waals surface area contributed by atoms with E-state index in [1.165, 1.54) is 0 Å². The molecule has 11 nitrogen and oxygen atoms in total. The summed E-state index contributed by atoms with van der Waals surface area (Å²) >= 11 is 0. The van der Waals surface area contributed by atoms with Gasteiger partial charge in [-0.2, -0.15) is 0 Å². The first-order valence-electron chi connectivity index (χ1n) is 7.23. The zero-order chi connectivity index (χ0) is 17.3. The molecular formula is C12H24N2O9. The molecule has 0 aromatic heterocycles. The molecule has 2 aliphatic rings. The van der Waals surface area contributed by atoms with Crippen LogP contribution in [0.2, 0.25) is 0 Å². The second-order valence-electron chi connectivity index (χ2n) is 5.70. The minimum Gasteiger partial charge on any atom is -0.394 e. The van der Waals surface area contributed by atoms with E-state index in [-0.39, 0.29) is 0 Å². The Morgan fingerprint density at radius 2 is 1.39 bits per heavy atom. The molecule has 2 saturated heterocycles. The van der Waals surface area contributed by atoms with E-state index in [1.807, 2.05) is 0 Å². The molecule has 2 rings (SSSR count). The van der Waals surface area contributed by atoms with Gasteiger partial charge in [0.2, 0.25) is 0 Å². The van der Waals surface area contributed by atoms with Crippen molar-refractivity contribution in [3.05, 3.63) is 0 Å². The molecule has 10 atom stereocenters. The summed E-state index contributed by atoms with van der Waals surface area (Å²) in [6, 6.07) is -2.37. The average Bonchev–Trinajstić information content (AvgIpc) is 2.55. The van der Waals surface area contributed by atoms with Crippen LogP contribution < -0.4 is 11.5 Å². The van der Waals surface area contributed by atoms with Crippen LogP contribution in [0.3, 0.4) is 0 Å².